The van der Waals surface area contributed by atoms with Crippen molar-refractivity contribution < 1.29 is 22.7 Å². The number of rotatable bonds is 5. The van der Waals surface area contributed by atoms with Crippen molar-refractivity contribution in [2.45, 2.75) is 30.7 Å². The zero-order chi connectivity index (χ0) is 21.0. The van der Waals surface area contributed by atoms with Crippen LogP contribution >= 0.6 is 11.8 Å². The lowest BCUT2D eigenvalue weighted by Crippen LogP contribution is -2.04. The van der Waals surface area contributed by atoms with Crippen LogP contribution in [0.25, 0.3) is 11.3 Å². The fourth-order valence-electron chi connectivity index (χ4n) is 2.69. The van der Waals surface area contributed by atoms with Crippen molar-refractivity contribution in [3.05, 3.63) is 77.5 Å². The molecule has 3 nitrogen and oxygen atoms in total. The molecule has 0 aliphatic carbocycles. The van der Waals surface area contributed by atoms with Gasteiger partial charge < -0.3 is 4.74 Å². The molecule has 2 aromatic carbocycles. The second-order valence-electron chi connectivity index (χ2n) is 6.40. The highest BCUT2D eigenvalue weighted by Crippen LogP contribution is 2.31. The molecule has 1 heterocycles. The average Bonchev–Trinajstić information content (AvgIpc) is 2.68. The Morgan fingerprint density at radius 3 is 2.41 bits per heavy atom. The number of hydrogen-bond donors (Lipinski definition) is 0. The fourth-order valence-corrected chi connectivity index (χ4v) is 3.59. The molecular formula is C22H18F3NO2S. The van der Waals surface area contributed by atoms with Gasteiger partial charge in [-0.2, -0.15) is 13.2 Å². The Hall–Kier alpha value is -2.80. The van der Waals surface area contributed by atoms with E-state index in [1.165, 1.54) is 19.1 Å². The third-order valence-corrected chi connectivity index (χ3v) is 5.13. The highest BCUT2D eigenvalue weighted by atomic mass is 32.2. The second-order valence-corrected chi connectivity index (χ2v) is 7.45. The van der Waals surface area contributed by atoms with Gasteiger partial charge in [-0.05, 0) is 55.0 Å². The largest absolute Gasteiger partial charge is 0.426 e. The molecule has 0 saturated carbocycles. The lowest BCUT2D eigenvalue weighted by Gasteiger charge is -2.09. The molecule has 0 atom stereocenters. The third-order valence-electron chi connectivity index (χ3n) is 4.10. The number of nitrogens with zero attached hydrogens (tertiary/aromatic N) is 1. The molecule has 0 aliphatic rings. The van der Waals surface area contributed by atoms with Crippen molar-refractivity contribution in [1.82, 2.24) is 4.98 Å². The number of esters is 1. The molecule has 0 aliphatic heterocycles. The van der Waals surface area contributed by atoms with Crippen LogP contribution in [0.15, 0.2) is 65.6 Å². The lowest BCUT2D eigenvalue weighted by atomic mass is 10.1. The lowest BCUT2D eigenvalue weighted by molar-refractivity contribution is -0.137. The highest BCUT2D eigenvalue weighted by Gasteiger charge is 2.30. The van der Waals surface area contributed by atoms with Crippen LogP contribution in [-0.4, -0.2) is 11.0 Å². The number of halogens is 3. The van der Waals surface area contributed by atoms with Gasteiger partial charge in [-0.1, -0.05) is 18.2 Å². The molecule has 0 fully saturated rings. The Morgan fingerprint density at radius 2 is 1.79 bits per heavy atom. The van der Waals surface area contributed by atoms with Gasteiger partial charge in [0.2, 0.25) is 0 Å². The highest BCUT2D eigenvalue weighted by molar-refractivity contribution is 7.98. The van der Waals surface area contributed by atoms with Crippen LogP contribution < -0.4 is 4.74 Å². The van der Waals surface area contributed by atoms with E-state index in [0.717, 1.165) is 28.3 Å². The smallest absolute Gasteiger partial charge is 0.416 e. The molecule has 29 heavy (non-hydrogen) atoms. The summed E-state index contributed by atoms with van der Waals surface area (Å²) in [5.74, 6) is 0.767. The van der Waals surface area contributed by atoms with Crippen molar-refractivity contribution in [2.75, 3.05) is 0 Å². The topological polar surface area (TPSA) is 39.2 Å². The van der Waals surface area contributed by atoms with Crippen LogP contribution in [0.2, 0.25) is 0 Å². The Bertz CT molecular complexity index is 1020. The Labute approximate surface area is 170 Å². The van der Waals surface area contributed by atoms with Crippen molar-refractivity contribution in [1.29, 1.82) is 0 Å². The summed E-state index contributed by atoms with van der Waals surface area (Å²) < 4.78 is 43.3. The molecule has 0 unspecified atom stereocenters. The van der Waals surface area contributed by atoms with E-state index in [2.05, 4.69) is 4.98 Å². The van der Waals surface area contributed by atoms with E-state index in [9.17, 15) is 18.0 Å². The Morgan fingerprint density at radius 1 is 1.07 bits per heavy atom. The molecule has 3 rings (SSSR count). The summed E-state index contributed by atoms with van der Waals surface area (Å²) in [6, 6.07) is 16.0. The third kappa shape index (κ3) is 5.60. The van der Waals surface area contributed by atoms with Crippen molar-refractivity contribution in [3.8, 4) is 17.0 Å². The van der Waals surface area contributed by atoms with Gasteiger partial charge in [-0.3, -0.25) is 9.78 Å². The van der Waals surface area contributed by atoms with Gasteiger partial charge in [0, 0.05) is 23.1 Å². The fraction of sp³-hybridized carbons (Fsp3) is 0.182. The van der Waals surface area contributed by atoms with E-state index in [1.54, 1.807) is 23.9 Å². The number of aryl methyl sites for hydroxylation is 1. The van der Waals surface area contributed by atoms with Crippen molar-refractivity contribution in [3.63, 3.8) is 0 Å². The summed E-state index contributed by atoms with van der Waals surface area (Å²) in [4.78, 5) is 16.6. The number of benzene rings is 2. The van der Waals surface area contributed by atoms with Crippen LogP contribution in [-0.2, 0) is 16.7 Å². The molecular weight excluding hydrogens is 399 g/mol. The molecule has 1 aromatic heterocycles. The molecule has 3 aromatic rings. The standard InChI is InChI=1S/C22H18F3NO2S/c1-14-12-19(10-11-21(14)28-15(2)27)29-13-18-4-3-5-20(26-18)16-6-8-17(9-7-16)22(23,24)25/h3-12H,13H2,1-2H3. The number of carbonyl (C=O) groups excluding carboxylic acids is 1. The monoisotopic (exact) mass is 417 g/mol. The average molecular weight is 417 g/mol. The summed E-state index contributed by atoms with van der Waals surface area (Å²) in [7, 11) is 0. The number of pyridine rings is 1. The summed E-state index contributed by atoms with van der Waals surface area (Å²) in [6.45, 7) is 3.23. The Balaban J connectivity index is 1.70. The molecule has 0 N–H and O–H groups in total. The van der Waals surface area contributed by atoms with Crippen LogP contribution in [0.1, 0.15) is 23.7 Å². The van der Waals surface area contributed by atoms with E-state index in [1.807, 2.05) is 31.2 Å². The Kier molecular flexibility index (Phi) is 6.27. The number of aromatic nitrogens is 1. The first-order valence-corrected chi connectivity index (χ1v) is 9.76. The summed E-state index contributed by atoms with van der Waals surface area (Å²) in [5, 5.41) is 0. The van der Waals surface area contributed by atoms with Gasteiger partial charge in [0.15, 0.2) is 0 Å². The molecule has 7 heteroatoms. The van der Waals surface area contributed by atoms with E-state index in [4.69, 9.17) is 4.74 Å². The molecule has 0 amide bonds. The first-order chi connectivity index (χ1) is 13.7. The van der Waals surface area contributed by atoms with E-state index in [0.29, 0.717) is 22.8 Å². The first kappa shape index (κ1) is 20.9. The zero-order valence-corrected chi connectivity index (χ0v) is 16.6. The van der Waals surface area contributed by atoms with E-state index < -0.39 is 11.7 Å². The number of ether oxygens (including phenoxy) is 1. The van der Waals surface area contributed by atoms with Crippen LogP contribution in [0.4, 0.5) is 13.2 Å². The quantitative estimate of drug-likeness (QED) is 0.278. The normalized spacial score (nSPS) is 11.3. The summed E-state index contributed by atoms with van der Waals surface area (Å²) >= 11 is 1.57. The van der Waals surface area contributed by atoms with Crippen LogP contribution in [0.5, 0.6) is 5.75 Å². The molecule has 150 valence electrons. The SMILES string of the molecule is CC(=O)Oc1ccc(SCc2cccc(-c3ccc(C(F)(F)F)cc3)n2)cc1C. The minimum absolute atomic E-state index is 0.363. The van der Waals surface area contributed by atoms with Crippen molar-refractivity contribution >= 4 is 17.7 Å². The van der Waals surface area contributed by atoms with Gasteiger partial charge in [-0.15, -0.1) is 11.8 Å². The molecule has 0 spiro atoms. The minimum atomic E-state index is -4.35. The maximum Gasteiger partial charge on any atom is 0.416 e. The van der Waals surface area contributed by atoms with Gasteiger partial charge in [0.25, 0.3) is 0 Å². The number of hydrogen-bond acceptors (Lipinski definition) is 4. The number of carbonyl (C=O) groups is 1. The van der Waals surface area contributed by atoms with Gasteiger partial charge >= 0.3 is 12.1 Å². The number of alkyl halides is 3. The van der Waals surface area contributed by atoms with E-state index >= 15 is 0 Å². The first-order valence-electron chi connectivity index (χ1n) is 8.78. The molecule has 0 saturated heterocycles. The molecule has 0 bridgehead atoms. The predicted molar refractivity (Wildman–Crippen MR) is 107 cm³/mol. The van der Waals surface area contributed by atoms with Crippen molar-refractivity contribution in [2.24, 2.45) is 0 Å². The maximum absolute atomic E-state index is 12.7. The van der Waals surface area contributed by atoms with Gasteiger partial charge in [0.1, 0.15) is 5.75 Å². The molecule has 0 radical (unpaired) electrons. The minimum Gasteiger partial charge on any atom is -0.426 e. The van der Waals surface area contributed by atoms with Gasteiger partial charge in [0.05, 0.1) is 17.0 Å². The predicted octanol–water partition coefficient (Wildman–Crippen LogP) is 6.29. The van der Waals surface area contributed by atoms with Crippen LogP contribution in [0, 0.1) is 6.92 Å². The van der Waals surface area contributed by atoms with Crippen LogP contribution in [0.3, 0.4) is 0 Å². The second kappa shape index (κ2) is 8.69. The van der Waals surface area contributed by atoms with Gasteiger partial charge in [-0.25, -0.2) is 0 Å². The summed E-state index contributed by atoms with van der Waals surface area (Å²) in [6.07, 6.45) is -4.35. The summed E-state index contributed by atoms with van der Waals surface area (Å²) in [5.41, 5.74) is 2.25. The number of thioether (sulfide) groups is 1. The van der Waals surface area contributed by atoms with E-state index in [-0.39, 0.29) is 5.97 Å². The zero-order valence-electron chi connectivity index (χ0n) is 15.8. The maximum atomic E-state index is 12.7.